The summed E-state index contributed by atoms with van der Waals surface area (Å²) in [4.78, 5) is 25.7. The Morgan fingerprint density at radius 3 is 2.21 bits per heavy atom. The van der Waals surface area contributed by atoms with E-state index >= 15 is 0 Å². The summed E-state index contributed by atoms with van der Waals surface area (Å²) in [6.45, 7) is 6.35. The first-order valence-corrected chi connectivity index (χ1v) is 4.10. The average molecular weight is 205 g/mol. The van der Waals surface area contributed by atoms with Crippen LogP contribution in [0.5, 0.6) is 0 Å². The summed E-state index contributed by atoms with van der Waals surface area (Å²) < 4.78 is 4.80. The summed E-state index contributed by atoms with van der Waals surface area (Å²) in [6.07, 6.45) is -1.92. The molecule has 0 aromatic rings. The molecule has 0 aromatic carbocycles. The molecule has 0 saturated heterocycles. The van der Waals surface area contributed by atoms with E-state index in [9.17, 15) is 9.59 Å². The van der Waals surface area contributed by atoms with Gasteiger partial charge in [-0.1, -0.05) is 0 Å². The fourth-order valence-corrected chi connectivity index (χ4v) is 0.486. The molecular weight excluding hydrogens is 190 g/mol. The first kappa shape index (κ1) is 12.7. The van der Waals surface area contributed by atoms with Gasteiger partial charge in [0.25, 0.3) is 0 Å². The van der Waals surface area contributed by atoms with Crippen LogP contribution in [0.3, 0.4) is 0 Å². The van der Waals surface area contributed by atoms with Crippen molar-refractivity contribution < 1.29 is 24.3 Å². The van der Waals surface area contributed by atoms with Gasteiger partial charge in [-0.25, -0.2) is 9.59 Å². The van der Waals surface area contributed by atoms with Crippen molar-refractivity contribution in [1.82, 2.24) is 5.48 Å². The maximum atomic E-state index is 10.9. The van der Waals surface area contributed by atoms with Gasteiger partial charge in [0.2, 0.25) is 0 Å². The minimum Gasteiger partial charge on any atom is -0.479 e. The summed E-state index contributed by atoms with van der Waals surface area (Å²) in [7, 11) is 0. The van der Waals surface area contributed by atoms with Gasteiger partial charge in [-0.3, -0.25) is 4.84 Å². The molecular formula is C8H15NO5. The number of hydrogen-bond donors (Lipinski definition) is 2. The van der Waals surface area contributed by atoms with Crippen LogP contribution in [0.2, 0.25) is 0 Å². The van der Waals surface area contributed by atoms with Crippen LogP contribution in [0.25, 0.3) is 0 Å². The smallest absolute Gasteiger partial charge is 0.431 e. The molecule has 0 aliphatic heterocycles. The Morgan fingerprint density at radius 2 is 1.86 bits per heavy atom. The van der Waals surface area contributed by atoms with E-state index < -0.39 is 23.8 Å². The molecule has 0 fully saturated rings. The van der Waals surface area contributed by atoms with Gasteiger partial charge >= 0.3 is 12.1 Å². The first-order chi connectivity index (χ1) is 6.22. The van der Waals surface area contributed by atoms with E-state index in [0.717, 1.165) is 0 Å². The SMILES string of the molecule is C[C@H](ONC(=O)OC(C)(C)C)C(=O)O. The largest absolute Gasteiger partial charge is 0.479 e. The molecule has 1 amide bonds. The molecule has 1 atom stereocenters. The third-order valence-electron chi connectivity index (χ3n) is 1.07. The predicted molar refractivity (Wildman–Crippen MR) is 47.6 cm³/mol. The molecule has 0 rings (SSSR count). The topological polar surface area (TPSA) is 84.9 Å². The van der Waals surface area contributed by atoms with Crippen molar-refractivity contribution in [3.05, 3.63) is 0 Å². The molecule has 6 nitrogen and oxygen atoms in total. The molecule has 0 aromatic heterocycles. The number of aliphatic carboxylic acids is 1. The minimum absolute atomic E-state index is 0.639. The van der Waals surface area contributed by atoms with E-state index in [1.165, 1.54) is 6.92 Å². The molecule has 0 unspecified atom stereocenters. The second kappa shape index (κ2) is 4.80. The van der Waals surface area contributed by atoms with Crippen LogP contribution in [-0.2, 0) is 14.4 Å². The highest BCUT2D eigenvalue weighted by atomic mass is 16.7. The molecule has 6 heteroatoms. The maximum Gasteiger partial charge on any atom is 0.431 e. The van der Waals surface area contributed by atoms with Crippen molar-refractivity contribution in [3.63, 3.8) is 0 Å². The van der Waals surface area contributed by atoms with Crippen LogP contribution < -0.4 is 5.48 Å². The van der Waals surface area contributed by atoms with Gasteiger partial charge in [0.05, 0.1) is 0 Å². The Bertz CT molecular complexity index is 220. The number of carbonyl (C=O) groups is 2. The lowest BCUT2D eigenvalue weighted by molar-refractivity contribution is -0.153. The number of rotatable bonds is 3. The molecule has 82 valence electrons. The normalized spacial score (nSPS) is 13.1. The van der Waals surface area contributed by atoms with Gasteiger partial charge in [-0.05, 0) is 27.7 Å². The number of carbonyl (C=O) groups excluding carboxylic acids is 1. The summed E-state index contributed by atoms with van der Waals surface area (Å²) >= 11 is 0. The lowest BCUT2D eigenvalue weighted by Crippen LogP contribution is -2.36. The summed E-state index contributed by atoms with van der Waals surface area (Å²) in [5.41, 5.74) is 1.24. The van der Waals surface area contributed by atoms with Crippen LogP contribution in [0, 0.1) is 0 Å². The third kappa shape index (κ3) is 6.24. The van der Waals surface area contributed by atoms with Gasteiger partial charge < -0.3 is 9.84 Å². The quantitative estimate of drug-likeness (QED) is 0.669. The number of ether oxygens (including phenoxy) is 1. The van der Waals surface area contributed by atoms with Crippen molar-refractivity contribution in [3.8, 4) is 0 Å². The second-order valence-corrected chi connectivity index (χ2v) is 3.70. The summed E-state index contributed by atoms with van der Waals surface area (Å²) in [5.74, 6) is -1.17. The Hall–Kier alpha value is -1.30. The van der Waals surface area contributed by atoms with Gasteiger partial charge in [-0.15, -0.1) is 0 Å². The van der Waals surface area contributed by atoms with Crippen molar-refractivity contribution in [2.45, 2.75) is 39.4 Å². The third-order valence-corrected chi connectivity index (χ3v) is 1.07. The zero-order chi connectivity index (χ0) is 11.4. The van der Waals surface area contributed by atoms with Crippen LogP contribution >= 0.6 is 0 Å². The van der Waals surface area contributed by atoms with Gasteiger partial charge in [0.1, 0.15) is 5.60 Å². The Balaban J connectivity index is 3.81. The van der Waals surface area contributed by atoms with E-state index in [1.807, 2.05) is 5.48 Å². The predicted octanol–water partition coefficient (Wildman–Crippen LogP) is 0.916. The zero-order valence-electron chi connectivity index (χ0n) is 8.66. The van der Waals surface area contributed by atoms with Crippen molar-refractivity contribution in [1.29, 1.82) is 0 Å². The van der Waals surface area contributed by atoms with E-state index in [2.05, 4.69) is 4.84 Å². The number of carboxylic acid groups (broad SMARTS) is 1. The number of nitrogens with one attached hydrogen (secondary N) is 1. The highest BCUT2D eigenvalue weighted by Crippen LogP contribution is 2.06. The Labute approximate surface area is 82.1 Å². The molecule has 0 saturated carbocycles. The van der Waals surface area contributed by atoms with Crippen LogP contribution in [0.1, 0.15) is 27.7 Å². The van der Waals surface area contributed by atoms with Gasteiger partial charge in [-0.2, -0.15) is 5.48 Å². The lowest BCUT2D eigenvalue weighted by atomic mass is 10.2. The van der Waals surface area contributed by atoms with E-state index in [4.69, 9.17) is 9.84 Å². The first-order valence-electron chi connectivity index (χ1n) is 4.10. The van der Waals surface area contributed by atoms with Crippen LogP contribution in [0.15, 0.2) is 0 Å². The molecule has 0 heterocycles. The number of amides is 1. The van der Waals surface area contributed by atoms with Crippen molar-refractivity contribution in [2.75, 3.05) is 0 Å². The number of hydrogen-bond acceptors (Lipinski definition) is 4. The molecule has 14 heavy (non-hydrogen) atoms. The fraction of sp³-hybridized carbons (Fsp3) is 0.750. The number of carboxylic acids is 1. The van der Waals surface area contributed by atoms with E-state index in [0.29, 0.717) is 0 Å². The highest BCUT2D eigenvalue weighted by molar-refractivity contribution is 5.72. The van der Waals surface area contributed by atoms with Crippen molar-refractivity contribution >= 4 is 12.1 Å². The summed E-state index contributed by atoms with van der Waals surface area (Å²) in [5, 5.41) is 8.41. The Kier molecular flexibility index (Phi) is 4.36. The molecule has 0 radical (unpaired) electrons. The molecule has 0 aliphatic carbocycles. The van der Waals surface area contributed by atoms with E-state index in [1.54, 1.807) is 20.8 Å². The highest BCUT2D eigenvalue weighted by Gasteiger charge is 2.18. The van der Waals surface area contributed by atoms with Crippen molar-refractivity contribution in [2.24, 2.45) is 0 Å². The van der Waals surface area contributed by atoms with Crippen LogP contribution in [0.4, 0.5) is 4.79 Å². The Morgan fingerprint density at radius 1 is 1.36 bits per heavy atom. The molecule has 0 aliphatic rings. The van der Waals surface area contributed by atoms with Crippen LogP contribution in [-0.4, -0.2) is 28.9 Å². The maximum absolute atomic E-state index is 10.9. The molecule has 0 bridgehead atoms. The lowest BCUT2D eigenvalue weighted by Gasteiger charge is -2.19. The molecule has 0 spiro atoms. The summed E-state index contributed by atoms with van der Waals surface area (Å²) in [6, 6.07) is 0. The standard InChI is InChI=1S/C8H15NO5/c1-5(6(10)11)14-9-7(12)13-8(2,3)4/h5H,1-4H3,(H,9,12)(H,10,11)/t5-/m0/s1. The minimum atomic E-state index is -1.17. The van der Waals surface area contributed by atoms with Gasteiger partial charge in [0, 0.05) is 0 Å². The fourth-order valence-electron chi connectivity index (χ4n) is 0.486. The number of hydroxylamine groups is 1. The zero-order valence-corrected chi connectivity index (χ0v) is 8.66. The average Bonchev–Trinajstić information content (AvgIpc) is 1.96. The van der Waals surface area contributed by atoms with Gasteiger partial charge in [0.15, 0.2) is 6.10 Å². The molecule has 2 N–H and O–H groups in total. The second-order valence-electron chi connectivity index (χ2n) is 3.70. The van der Waals surface area contributed by atoms with E-state index in [-0.39, 0.29) is 0 Å². The monoisotopic (exact) mass is 205 g/mol.